The molecule has 0 aromatic heterocycles. The molecule has 1 aromatic carbocycles. The highest BCUT2D eigenvalue weighted by Crippen LogP contribution is 2.34. The molecule has 3 nitrogen and oxygen atoms in total. The molecule has 1 aliphatic rings. The summed E-state index contributed by atoms with van der Waals surface area (Å²) in [5.74, 6) is 0. The van der Waals surface area contributed by atoms with Gasteiger partial charge in [-0.1, -0.05) is 17.7 Å². The summed E-state index contributed by atoms with van der Waals surface area (Å²) in [6.45, 7) is 8.63. The lowest BCUT2D eigenvalue weighted by atomic mass is 10.0. The molecule has 0 amide bonds. The number of hydrogen-bond donors (Lipinski definition) is 1. The first-order chi connectivity index (χ1) is 8.42. The average molecular weight is 269 g/mol. The molecule has 4 heteroatoms. The van der Waals surface area contributed by atoms with Crippen molar-refractivity contribution in [3.05, 3.63) is 28.8 Å². The molecule has 0 saturated carbocycles. The first-order valence-corrected chi connectivity index (χ1v) is 6.70. The second kappa shape index (κ2) is 5.08. The van der Waals surface area contributed by atoms with Gasteiger partial charge >= 0.3 is 0 Å². The van der Waals surface area contributed by atoms with Crippen molar-refractivity contribution in [3.63, 3.8) is 0 Å². The molecule has 0 radical (unpaired) electrons. The molecular weight excluding hydrogens is 248 g/mol. The molecule has 18 heavy (non-hydrogen) atoms. The van der Waals surface area contributed by atoms with E-state index in [1.165, 1.54) is 0 Å². The number of hydrogen-bond acceptors (Lipinski definition) is 3. The van der Waals surface area contributed by atoms with Crippen LogP contribution in [0.15, 0.2) is 18.2 Å². The van der Waals surface area contributed by atoms with Gasteiger partial charge in [0.15, 0.2) is 0 Å². The van der Waals surface area contributed by atoms with Crippen molar-refractivity contribution in [3.8, 4) is 0 Å². The SMILES string of the molecule is CC(N)c1ccc(N2CCOCC2(C)C)c(Cl)c1. The number of ether oxygens (including phenoxy) is 1. The minimum atomic E-state index is -0.0300. The number of nitrogens with zero attached hydrogens (tertiary/aromatic N) is 1. The zero-order valence-corrected chi connectivity index (χ0v) is 12.0. The van der Waals surface area contributed by atoms with Crippen molar-refractivity contribution in [1.29, 1.82) is 0 Å². The minimum absolute atomic E-state index is 0.00856. The maximum absolute atomic E-state index is 6.40. The number of rotatable bonds is 2. The molecule has 1 saturated heterocycles. The number of anilines is 1. The van der Waals surface area contributed by atoms with Crippen molar-refractivity contribution in [1.82, 2.24) is 0 Å². The fourth-order valence-electron chi connectivity index (χ4n) is 2.33. The highest BCUT2D eigenvalue weighted by atomic mass is 35.5. The summed E-state index contributed by atoms with van der Waals surface area (Å²) in [7, 11) is 0. The van der Waals surface area contributed by atoms with Crippen LogP contribution in [0.25, 0.3) is 0 Å². The Labute approximate surface area is 114 Å². The maximum atomic E-state index is 6.40. The fourth-order valence-corrected chi connectivity index (χ4v) is 2.62. The van der Waals surface area contributed by atoms with Crippen LogP contribution in [-0.2, 0) is 4.74 Å². The summed E-state index contributed by atoms with van der Waals surface area (Å²) in [4.78, 5) is 2.31. The Morgan fingerprint density at radius 3 is 2.72 bits per heavy atom. The lowest BCUT2D eigenvalue weighted by molar-refractivity contribution is 0.0644. The summed E-state index contributed by atoms with van der Waals surface area (Å²) in [6, 6.07) is 6.09. The molecular formula is C14H21ClN2O. The van der Waals surface area contributed by atoms with Crippen molar-refractivity contribution in [2.24, 2.45) is 5.73 Å². The van der Waals surface area contributed by atoms with Gasteiger partial charge in [0.2, 0.25) is 0 Å². The van der Waals surface area contributed by atoms with E-state index in [4.69, 9.17) is 22.1 Å². The van der Waals surface area contributed by atoms with Gasteiger partial charge in [0, 0.05) is 12.6 Å². The van der Waals surface area contributed by atoms with Crippen molar-refractivity contribution in [2.45, 2.75) is 32.4 Å². The van der Waals surface area contributed by atoms with Crippen LogP contribution in [0.4, 0.5) is 5.69 Å². The van der Waals surface area contributed by atoms with E-state index in [1.807, 2.05) is 13.0 Å². The highest BCUT2D eigenvalue weighted by molar-refractivity contribution is 6.33. The summed E-state index contributed by atoms with van der Waals surface area (Å²) >= 11 is 6.40. The van der Waals surface area contributed by atoms with E-state index >= 15 is 0 Å². The van der Waals surface area contributed by atoms with Crippen molar-refractivity contribution < 1.29 is 4.74 Å². The van der Waals surface area contributed by atoms with Crippen LogP contribution in [0, 0.1) is 0 Å². The van der Waals surface area contributed by atoms with Gasteiger partial charge in [0.1, 0.15) is 0 Å². The average Bonchev–Trinajstić information content (AvgIpc) is 2.29. The smallest absolute Gasteiger partial charge is 0.0694 e. The van der Waals surface area contributed by atoms with E-state index in [-0.39, 0.29) is 11.6 Å². The number of halogens is 1. The third-order valence-corrected chi connectivity index (χ3v) is 3.74. The summed E-state index contributed by atoms with van der Waals surface area (Å²) in [6.07, 6.45) is 0. The number of nitrogens with two attached hydrogens (primary N) is 1. The molecule has 2 rings (SSSR count). The van der Waals surface area contributed by atoms with E-state index < -0.39 is 0 Å². The number of benzene rings is 1. The predicted octanol–water partition coefficient (Wildman–Crippen LogP) is 2.97. The predicted molar refractivity (Wildman–Crippen MR) is 76.3 cm³/mol. The first kappa shape index (κ1) is 13.7. The topological polar surface area (TPSA) is 38.5 Å². The van der Waals surface area contributed by atoms with Crippen LogP contribution in [-0.4, -0.2) is 25.3 Å². The van der Waals surface area contributed by atoms with Gasteiger partial charge in [-0.05, 0) is 38.5 Å². The number of morpholine rings is 1. The van der Waals surface area contributed by atoms with E-state index in [9.17, 15) is 0 Å². The Hall–Kier alpha value is -0.770. The fraction of sp³-hybridized carbons (Fsp3) is 0.571. The standard InChI is InChI=1S/C14H21ClN2O/c1-10(16)11-4-5-13(12(15)8-11)17-6-7-18-9-14(17,2)3/h4-5,8,10H,6-7,9,16H2,1-3H3. The van der Waals surface area contributed by atoms with Gasteiger partial charge in [0.05, 0.1) is 29.5 Å². The molecule has 0 spiro atoms. The van der Waals surface area contributed by atoms with E-state index in [0.717, 1.165) is 36.0 Å². The molecule has 1 aromatic rings. The minimum Gasteiger partial charge on any atom is -0.377 e. The Balaban J connectivity index is 2.33. The summed E-state index contributed by atoms with van der Waals surface area (Å²) in [5, 5.41) is 0.764. The maximum Gasteiger partial charge on any atom is 0.0694 e. The molecule has 1 fully saturated rings. The Bertz CT molecular complexity index is 432. The molecule has 0 aliphatic carbocycles. The first-order valence-electron chi connectivity index (χ1n) is 6.32. The third kappa shape index (κ3) is 2.63. The van der Waals surface area contributed by atoms with Crippen LogP contribution >= 0.6 is 11.6 Å². The Kier molecular flexibility index (Phi) is 3.85. The van der Waals surface area contributed by atoms with E-state index in [2.05, 4.69) is 30.9 Å². The molecule has 1 heterocycles. The largest absolute Gasteiger partial charge is 0.377 e. The van der Waals surface area contributed by atoms with E-state index in [0.29, 0.717) is 0 Å². The second-order valence-electron chi connectivity index (χ2n) is 5.52. The quantitative estimate of drug-likeness (QED) is 0.896. The summed E-state index contributed by atoms with van der Waals surface area (Å²) in [5.41, 5.74) is 7.97. The lowest BCUT2D eigenvalue weighted by Gasteiger charge is -2.44. The molecule has 1 atom stereocenters. The molecule has 0 bridgehead atoms. The van der Waals surface area contributed by atoms with Crippen LogP contribution in [0.5, 0.6) is 0 Å². The van der Waals surface area contributed by atoms with Crippen LogP contribution in [0.2, 0.25) is 5.02 Å². The Morgan fingerprint density at radius 2 is 2.17 bits per heavy atom. The molecule has 100 valence electrons. The Morgan fingerprint density at radius 1 is 1.44 bits per heavy atom. The van der Waals surface area contributed by atoms with Gasteiger partial charge in [-0.2, -0.15) is 0 Å². The van der Waals surface area contributed by atoms with Gasteiger partial charge in [-0.15, -0.1) is 0 Å². The van der Waals surface area contributed by atoms with Crippen molar-refractivity contribution >= 4 is 17.3 Å². The highest BCUT2D eigenvalue weighted by Gasteiger charge is 2.31. The lowest BCUT2D eigenvalue weighted by Crippen LogP contribution is -2.53. The van der Waals surface area contributed by atoms with E-state index in [1.54, 1.807) is 0 Å². The molecule has 1 aliphatic heterocycles. The molecule has 1 unspecified atom stereocenters. The second-order valence-corrected chi connectivity index (χ2v) is 5.92. The normalized spacial score (nSPS) is 20.8. The van der Waals surface area contributed by atoms with Gasteiger partial charge in [0.25, 0.3) is 0 Å². The summed E-state index contributed by atoms with van der Waals surface area (Å²) < 4.78 is 5.53. The van der Waals surface area contributed by atoms with Crippen LogP contribution < -0.4 is 10.6 Å². The zero-order chi connectivity index (χ0) is 13.3. The van der Waals surface area contributed by atoms with Gasteiger partial charge < -0.3 is 15.4 Å². The van der Waals surface area contributed by atoms with Crippen LogP contribution in [0.1, 0.15) is 32.4 Å². The van der Waals surface area contributed by atoms with Crippen LogP contribution in [0.3, 0.4) is 0 Å². The van der Waals surface area contributed by atoms with Gasteiger partial charge in [-0.3, -0.25) is 0 Å². The molecule has 2 N–H and O–H groups in total. The van der Waals surface area contributed by atoms with Gasteiger partial charge in [-0.25, -0.2) is 0 Å². The van der Waals surface area contributed by atoms with Crippen molar-refractivity contribution in [2.75, 3.05) is 24.7 Å². The monoisotopic (exact) mass is 268 g/mol. The zero-order valence-electron chi connectivity index (χ0n) is 11.2. The third-order valence-electron chi connectivity index (χ3n) is 3.43.